The number of aliphatic hydroxyl groups is 1. The van der Waals surface area contributed by atoms with Gasteiger partial charge < -0.3 is 20.4 Å². The van der Waals surface area contributed by atoms with E-state index in [0.717, 1.165) is 0 Å². The van der Waals surface area contributed by atoms with E-state index in [1.165, 1.54) is 11.8 Å². The Bertz CT molecular complexity index is 328. The summed E-state index contributed by atoms with van der Waals surface area (Å²) in [6.45, 7) is 3.76. The molecule has 0 heterocycles. The van der Waals surface area contributed by atoms with Gasteiger partial charge >= 0.3 is 12.0 Å². The first-order valence-corrected chi connectivity index (χ1v) is 6.23. The van der Waals surface area contributed by atoms with Crippen LogP contribution in [0.25, 0.3) is 0 Å². The average Bonchev–Trinajstić information content (AvgIpc) is 2.26. The summed E-state index contributed by atoms with van der Waals surface area (Å²) in [5.41, 5.74) is -1.23. The molecule has 0 aromatic heterocycles. The molecule has 0 aliphatic heterocycles. The number of carbonyl (C=O) groups is 2. The molecule has 18 heavy (non-hydrogen) atoms. The van der Waals surface area contributed by atoms with E-state index in [1.807, 2.05) is 0 Å². The average molecular weight is 258 g/mol. The Morgan fingerprint density at radius 3 is 2.39 bits per heavy atom. The summed E-state index contributed by atoms with van der Waals surface area (Å²) in [6.07, 6.45) is 1.50. The molecule has 0 spiro atoms. The van der Waals surface area contributed by atoms with Crippen LogP contribution >= 0.6 is 0 Å². The number of carboxylic acid groups (broad SMARTS) is 1. The van der Waals surface area contributed by atoms with Crippen molar-refractivity contribution in [3.05, 3.63) is 0 Å². The first-order chi connectivity index (χ1) is 8.28. The Kier molecular flexibility index (Phi) is 4.56. The summed E-state index contributed by atoms with van der Waals surface area (Å²) < 4.78 is 0. The second-order valence-electron chi connectivity index (χ2n) is 5.29. The van der Waals surface area contributed by atoms with Crippen LogP contribution in [0.15, 0.2) is 0 Å². The van der Waals surface area contributed by atoms with Gasteiger partial charge in [-0.2, -0.15) is 0 Å². The largest absolute Gasteiger partial charge is 0.480 e. The molecular formula is C12H22N2O4. The molecule has 1 fully saturated rings. The summed E-state index contributed by atoms with van der Waals surface area (Å²) in [4.78, 5) is 24.4. The fourth-order valence-electron chi connectivity index (χ4n) is 1.94. The van der Waals surface area contributed by atoms with Gasteiger partial charge in [0, 0.05) is 13.6 Å². The highest BCUT2D eigenvalue weighted by atomic mass is 16.4. The molecule has 0 saturated heterocycles. The van der Waals surface area contributed by atoms with Crippen molar-refractivity contribution in [1.29, 1.82) is 0 Å². The number of amides is 2. The van der Waals surface area contributed by atoms with Crippen LogP contribution in [0.5, 0.6) is 0 Å². The van der Waals surface area contributed by atoms with Gasteiger partial charge in [-0.05, 0) is 32.1 Å². The van der Waals surface area contributed by atoms with Gasteiger partial charge in [0.15, 0.2) is 0 Å². The zero-order valence-corrected chi connectivity index (χ0v) is 11.1. The highest BCUT2D eigenvalue weighted by molar-refractivity contribution is 5.85. The van der Waals surface area contributed by atoms with Crippen molar-refractivity contribution in [1.82, 2.24) is 10.2 Å². The summed E-state index contributed by atoms with van der Waals surface area (Å²) in [5.74, 6) is -0.723. The predicted octanol–water partition coefficient (Wildman–Crippen LogP) is 0.652. The number of aliphatic carboxylic acids is 1. The van der Waals surface area contributed by atoms with Crippen molar-refractivity contribution in [2.24, 2.45) is 5.92 Å². The maximum Gasteiger partial charge on any atom is 0.329 e. The van der Waals surface area contributed by atoms with Gasteiger partial charge in [-0.3, -0.25) is 0 Å². The topological polar surface area (TPSA) is 89.9 Å². The maximum absolute atomic E-state index is 11.9. The van der Waals surface area contributed by atoms with E-state index in [9.17, 15) is 14.7 Å². The van der Waals surface area contributed by atoms with Gasteiger partial charge in [0.1, 0.15) is 5.54 Å². The Balaban J connectivity index is 2.46. The van der Waals surface area contributed by atoms with Crippen molar-refractivity contribution in [2.75, 3.05) is 13.6 Å². The Morgan fingerprint density at radius 2 is 2.00 bits per heavy atom. The lowest BCUT2D eigenvalue weighted by Gasteiger charge is -2.35. The molecule has 0 bridgehead atoms. The fraction of sp³-hybridized carbons (Fsp3) is 0.833. The maximum atomic E-state index is 11.9. The van der Waals surface area contributed by atoms with Crippen LogP contribution in [-0.2, 0) is 4.79 Å². The van der Waals surface area contributed by atoms with Crippen molar-refractivity contribution in [3.63, 3.8) is 0 Å². The summed E-state index contributed by atoms with van der Waals surface area (Å²) in [5, 5.41) is 20.8. The van der Waals surface area contributed by atoms with Crippen LogP contribution in [0.3, 0.4) is 0 Å². The van der Waals surface area contributed by atoms with E-state index in [1.54, 1.807) is 14.0 Å². The quantitative estimate of drug-likeness (QED) is 0.675. The van der Waals surface area contributed by atoms with Gasteiger partial charge in [0.05, 0.1) is 6.10 Å². The first-order valence-electron chi connectivity index (χ1n) is 6.23. The molecule has 0 aromatic carbocycles. The van der Waals surface area contributed by atoms with Crippen LogP contribution in [0, 0.1) is 5.92 Å². The summed E-state index contributed by atoms with van der Waals surface area (Å²) >= 11 is 0. The molecular weight excluding hydrogens is 236 g/mol. The predicted molar refractivity (Wildman–Crippen MR) is 66.2 cm³/mol. The van der Waals surface area contributed by atoms with Crippen LogP contribution in [-0.4, -0.2) is 52.3 Å². The van der Waals surface area contributed by atoms with Gasteiger partial charge in [0.25, 0.3) is 0 Å². The lowest BCUT2D eigenvalue weighted by molar-refractivity contribution is -0.143. The number of carbonyl (C=O) groups excluding carboxylic acids is 1. The zero-order valence-electron chi connectivity index (χ0n) is 11.1. The number of rotatable bonds is 5. The summed E-state index contributed by atoms with van der Waals surface area (Å²) in [7, 11) is 1.64. The van der Waals surface area contributed by atoms with Crippen molar-refractivity contribution >= 4 is 12.0 Å². The highest BCUT2D eigenvalue weighted by Crippen LogP contribution is 2.27. The van der Waals surface area contributed by atoms with E-state index < -0.39 is 11.5 Å². The van der Waals surface area contributed by atoms with Crippen molar-refractivity contribution in [3.8, 4) is 0 Å². The van der Waals surface area contributed by atoms with E-state index in [-0.39, 0.29) is 12.1 Å². The molecule has 0 aromatic rings. The molecule has 1 rings (SSSR count). The fourth-order valence-corrected chi connectivity index (χ4v) is 1.94. The number of carboxylic acids is 1. The SMILES string of the molecule is CCC(C)(NC(=O)N(C)CC1CC(O)C1)C(=O)O. The van der Waals surface area contributed by atoms with Crippen LogP contribution in [0.2, 0.25) is 0 Å². The van der Waals surface area contributed by atoms with E-state index >= 15 is 0 Å². The number of hydrogen-bond donors (Lipinski definition) is 3. The molecule has 1 unspecified atom stereocenters. The third kappa shape index (κ3) is 3.35. The van der Waals surface area contributed by atoms with Crippen molar-refractivity contribution < 1.29 is 19.8 Å². The first kappa shape index (κ1) is 14.8. The molecule has 0 radical (unpaired) electrons. The van der Waals surface area contributed by atoms with E-state index in [4.69, 9.17) is 5.11 Å². The normalized spacial score (nSPS) is 25.8. The smallest absolute Gasteiger partial charge is 0.329 e. The molecule has 6 heteroatoms. The Hall–Kier alpha value is -1.30. The van der Waals surface area contributed by atoms with Gasteiger partial charge in [-0.25, -0.2) is 9.59 Å². The lowest BCUT2D eigenvalue weighted by atomic mass is 9.82. The molecule has 1 aliphatic rings. The molecule has 2 amide bonds. The van der Waals surface area contributed by atoms with Crippen LogP contribution in [0.4, 0.5) is 4.79 Å². The third-order valence-corrected chi connectivity index (χ3v) is 3.65. The molecule has 1 atom stereocenters. The Morgan fingerprint density at radius 1 is 1.44 bits per heavy atom. The molecule has 104 valence electrons. The molecule has 1 aliphatic carbocycles. The zero-order chi connectivity index (χ0) is 13.9. The second-order valence-corrected chi connectivity index (χ2v) is 5.29. The van der Waals surface area contributed by atoms with Crippen LogP contribution < -0.4 is 5.32 Å². The van der Waals surface area contributed by atoms with E-state index in [2.05, 4.69) is 5.32 Å². The van der Waals surface area contributed by atoms with Gasteiger partial charge in [0.2, 0.25) is 0 Å². The number of nitrogens with one attached hydrogen (secondary N) is 1. The monoisotopic (exact) mass is 258 g/mol. The van der Waals surface area contributed by atoms with E-state index in [0.29, 0.717) is 31.7 Å². The lowest BCUT2D eigenvalue weighted by Crippen LogP contribution is -2.56. The minimum absolute atomic E-state index is 0.244. The van der Waals surface area contributed by atoms with Gasteiger partial charge in [-0.1, -0.05) is 6.92 Å². The third-order valence-electron chi connectivity index (χ3n) is 3.65. The minimum atomic E-state index is -1.23. The van der Waals surface area contributed by atoms with Crippen molar-refractivity contribution in [2.45, 2.75) is 44.8 Å². The highest BCUT2D eigenvalue weighted by Gasteiger charge is 2.35. The standard InChI is InChI=1S/C12H22N2O4/c1-4-12(2,10(16)17)13-11(18)14(3)7-8-5-9(15)6-8/h8-9,15H,4-7H2,1-3H3,(H,13,18)(H,16,17). The molecule has 3 N–H and O–H groups in total. The molecule has 1 saturated carbocycles. The Labute approximate surface area is 107 Å². The minimum Gasteiger partial charge on any atom is -0.480 e. The number of urea groups is 1. The number of hydrogen-bond acceptors (Lipinski definition) is 3. The number of aliphatic hydroxyl groups excluding tert-OH is 1. The number of nitrogens with zero attached hydrogens (tertiary/aromatic N) is 1. The summed E-state index contributed by atoms with van der Waals surface area (Å²) in [6, 6.07) is -0.386. The van der Waals surface area contributed by atoms with Gasteiger partial charge in [-0.15, -0.1) is 0 Å². The second kappa shape index (κ2) is 5.56. The molecule has 6 nitrogen and oxygen atoms in total. The van der Waals surface area contributed by atoms with Crippen LogP contribution in [0.1, 0.15) is 33.1 Å².